The number of anilines is 2. The predicted octanol–water partition coefficient (Wildman–Crippen LogP) is 4.09. The Labute approximate surface area is 220 Å². The summed E-state index contributed by atoms with van der Waals surface area (Å²) in [5.41, 5.74) is 2.48. The third kappa shape index (κ3) is 4.26. The molecule has 1 aliphatic heterocycles. The number of benzene rings is 2. The van der Waals surface area contributed by atoms with Gasteiger partial charge in [0, 0.05) is 29.7 Å². The summed E-state index contributed by atoms with van der Waals surface area (Å²) in [6.45, 7) is 1.99. The number of carbonyl (C=O) groups excluding carboxylic acids is 2. The molecule has 38 heavy (non-hydrogen) atoms. The highest BCUT2D eigenvalue weighted by atomic mass is 35.5. The van der Waals surface area contributed by atoms with E-state index in [2.05, 4.69) is 25.5 Å². The molecule has 0 saturated carbocycles. The SMILES string of the molecule is Cc1cc(NC(=O)C2CC(=O)N(c3ccc(F)cc3)C2)n(-c2ncnc3c2cnn3-c2cccc(Cl)c2)n1. The zero-order chi connectivity index (χ0) is 26.4. The van der Waals surface area contributed by atoms with Gasteiger partial charge in [-0.1, -0.05) is 17.7 Å². The van der Waals surface area contributed by atoms with Crippen LogP contribution in [0, 0.1) is 18.7 Å². The molecule has 0 spiro atoms. The Kier molecular flexibility index (Phi) is 5.84. The Morgan fingerprint density at radius 3 is 2.68 bits per heavy atom. The van der Waals surface area contributed by atoms with Crippen LogP contribution in [0.2, 0.25) is 5.02 Å². The van der Waals surface area contributed by atoms with Crippen molar-refractivity contribution in [1.82, 2.24) is 29.5 Å². The van der Waals surface area contributed by atoms with Gasteiger partial charge in [0.2, 0.25) is 11.8 Å². The molecule has 5 aromatic rings. The summed E-state index contributed by atoms with van der Waals surface area (Å²) in [5.74, 6) is -0.684. The van der Waals surface area contributed by atoms with Crippen LogP contribution >= 0.6 is 11.6 Å². The number of rotatable bonds is 5. The number of fused-ring (bicyclic) bond motifs is 1. The minimum absolute atomic E-state index is 0.0421. The van der Waals surface area contributed by atoms with E-state index in [0.29, 0.717) is 39.1 Å². The summed E-state index contributed by atoms with van der Waals surface area (Å²) in [6.07, 6.45) is 3.07. The van der Waals surface area contributed by atoms with Gasteiger partial charge in [0.25, 0.3) is 0 Å². The number of aryl methyl sites for hydroxylation is 1. The van der Waals surface area contributed by atoms with Crippen molar-refractivity contribution >= 4 is 46.0 Å². The topological polar surface area (TPSA) is 111 Å². The average molecular weight is 531 g/mol. The molecule has 1 aliphatic rings. The fourth-order valence-electron chi connectivity index (χ4n) is 4.53. The molecule has 1 unspecified atom stereocenters. The molecule has 12 heteroatoms. The molecule has 0 bridgehead atoms. The Balaban J connectivity index is 1.29. The summed E-state index contributed by atoms with van der Waals surface area (Å²) < 4.78 is 16.5. The fourth-order valence-corrected chi connectivity index (χ4v) is 4.71. The van der Waals surface area contributed by atoms with Crippen LogP contribution in [-0.2, 0) is 9.59 Å². The van der Waals surface area contributed by atoms with Gasteiger partial charge in [-0.05, 0) is 49.4 Å². The second kappa shape index (κ2) is 9.34. The minimum Gasteiger partial charge on any atom is -0.312 e. The molecule has 1 atom stereocenters. The van der Waals surface area contributed by atoms with E-state index in [0.717, 1.165) is 5.69 Å². The predicted molar refractivity (Wildman–Crippen MR) is 139 cm³/mol. The number of hydrogen-bond acceptors (Lipinski definition) is 6. The number of nitrogens with one attached hydrogen (secondary N) is 1. The van der Waals surface area contributed by atoms with Crippen molar-refractivity contribution in [1.29, 1.82) is 0 Å². The van der Waals surface area contributed by atoms with Gasteiger partial charge in [0.05, 0.1) is 28.9 Å². The van der Waals surface area contributed by atoms with Crippen molar-refractivity contribution in [3.63, 3.8) is 0 Å². The molecule has 0 radical (unpaired) electrons. The molecular weight excluding hydrogens is 511 g/mol. The van der Waals surface area contributed by atoms with E-state index in [4.69, 9.17) is 11.6 Å². The zero-order valence-corrected chi connectivity index (χ0v) is 20.8. The first-order valence-corrected chi connectivity index (χ1v) is 12.1. The second-order valence-corrected chi connectivity index (χ2v) is 9.36. The van der Waals surface area contributed by atoms with E-state index >= 15 is 0 Å². The number of halogens is 2. The Morgan fingerprint density at radius 2 is 1.89 bits per heavy atom. The van der Waals surface area contributed by atoms with Crippen molar-refractivity contribution in [3.05, 3.63) is 83.7 Å². The summed E-state index contributed by atoms with van der Waals surface area (Å²) in [5, 5.41) is 13.1. The smallest absolute Gasteiger partial charge is 0.230 e. The van der Waals surface area contributed by atoms with E-state index in [-0.39, 0.29) is 24.8 Å². The number of amides is 2. The Hall–Kier alpha value is -4.64. The van der Waals surface area contributed by atoms with Crippen molar-refractivity contribution in [2.75, 3.05) is 16.8 Å². The number of nitrogens with zero attached hydrogens (tertiary/aromatic N) is 7. The standard InChI is InChI=1S/C26H20ClFN8O2/c1-15-9-22(32-26(38)16-10-23(37)34(13-16)19-7-5-18(28)6-8-19)36(33-15)25-21-12-31-35(24(21)29-14-30-25)20-4-2-3-17(27)11-20/h2-9,11-12,14,16H,10,13H2,1H3,(H,32,38). The lowest BCUT2D eigenvalue weighted by Gasteiger charge is -2.16. The molecule has 190 valence electrons. The van der Waals surface area contributed by atoms with Crippen LogP contribution in [0.15, 0.2) is 67.1 Å². The van der Waals surface area contributed by atoms with Gasteiger partial charge >= 0.3 is 0 Å². The number of carbonyl (C=O) groups is 2. The monoisotopic (exact) mass is 530 g/mol. The van der Waals surface area contributed by atoms with E-state index in [9.17, 15) is 14.0 Å². The van der Waals surface area contributed by atoms with Gasteiger partial charge in [-0.3, -0.25) is 9.59 Å². The van der Waals surface area contributed by atoms with Gasteiger partial charge in [-0.2, -0.15) is 14.9 Å². The largest absolute Gasteiger partial charge is 0.312 e. The van der Waals surface area contributed by atoms with Crippen LogP contribution in [0.5, 0.6) is 0 Å². The maximum absolute atomic E-state index is 13.3. The van der Waals surface area contributed by atoms with E-state index in [1.54, 1.807) is 36.0 Å². The summed E-state index contributed by atoms with van der Waals surface area (Å²) in [4.78, 5) is 36.1. The lowest BCUT2D eigenvalue weighted by atomic mass is 10.1. The van der Waals surface area contributed by atoms with Crippen molar-refractivity contribution < 1.29 is 14.0 Å². The third-order valence-corrected chi connectivity index (χ3v) is 6.55. The first-order chi connectivity index (χ1) is 18.4. The van der Waals surface area contributed by atoms with Crippen LogP contribution in [0.25, 0.3) is 22.5 Å². The lowest BCUT2D eigenvalue weighted by Crippen LogP contribution is -2.28. The highest BCUT2D eigenvalue weighted by molar-refractivity contribution is 6.30. The minimum atomic E-state index is -0.591. The van der Waals surface area contributed by atoms with Crippen molar-refractivity contribution in [2.45, 2.75) is 13.3 Å². The second-order valence-electron chi connectivity index (χ2n) is 8.92. The van der Waals surface area contributed by atoms with E-state index < -0.39 is 11.7 Å². The normalized spacial score (nSPS) is 15.4. The zero-order valence-electron chi connectivity index (χ0n) is 20.0. The molecule has 0 aliphatic carbocycles. The molecule has 10 nitrogen and oxygen atoms in total. The Bertz CT molecular complexity index is 1700. The first kappa shape index (κ1) is 23.7. The van der Waals surface area contributed by atoms with Crippen LogP contribution < -0.4 is 10.2 Å². The van der Waals surface area contributed by atoms with Crippen LogP contribution in [0.1, 0.15) is 12.1 Å². The molecule has 1 saturated heterocycles. The Morgan fingerprint density at radius 1 is 1.08 bits per heavy atom. The van der Waals surface area contributed by atoms with Crippen LogP contribution in [0.3, 0.4) is 0 Å². The van der Waals surface area contributed by atoms with Gasteiger partial charge in [0.15, 0.2) is 11.5 Å². The fraction of sp³-hybridized carbons (Fsp3) is 0.154. The highest BCUT2D eigenvalue weighted by Crippen LogP contribution is 2.28. The maximum atomic E-state index is 13.3. The molecule has 1 fully saturated rings. The highest BCUT2D eigenvalue weighted by Gasteiger charge is 2.35. The van der Waals surface area contributed by atoms with Gasteiger partial charge in [-0.25, -0.2) is 19.0 Å². The quantitative estimate of drug-likeness (QED) is 0.366. The molecule has 2 aromatic carbocycles. The molecule has 1 N–H and O–H groups in total. The number of aromatic nitrogens is 6. The van der Waals surface area contributed by atoms with Crippen LogP contribution in [-0.4, -0.2) is 47.9 Å². The first-order valence-electron chi connectivity index (χ1n) is 11.8. The number of hydrogen-bond donors (Lipinski definition) is 1. The van der Waals surface area contributed by atoms with Crippen molar-refractivity contribution in [2.24, 2.45) is 5.92 Å². The molecule has 6 rings (SSSR count). The molecule has 4 heterocycles. The molecule has 3 aromatic heterocycles. The summed E-state index contributed by atoms with van der Waals surface area (Å²) in [6, 6.07) is 14.6. The average Bonchev–Trinajstić information content (AvgIpc) is 3.61. The van der Waals surface area contributed by atoms with Gasteiger partial charge in [-0.15, -0.1) is 0 Å². The lowest BCUT2D eigenvalue weighted by molar-refractivity contribution is -0.122. The van der Waals surface area contributed by atoms with Gasteiger partial charge in [0.1, 0.15) is 18.0 Å². The summed E-state index contributed by atoms with van der Waals surface area (Å²) >= 11 is 6.16. The molecular formula is C26H20ClFN8O2. The summed E-state index contributed by atoms with van der Waals surface area (Å²) in [7, 11) is 0. The van der Waals surface area contributed by atoms with Crippen LogP contribution in [0.4, 0.5) is 15.9 Å². The maximum Gasteiger partial charge on any atom is 0.230 e. The third-order valence-electron chi connectivity index (χ3n) is 6.32. The molecule has 2 amide bonds. The van der Waals surface area contributed by atoms with Crippen molar-refractivity contribution in [3.8, 4) is 11.5 Å². The van der Waals surface area contributed by atoms with E-state index in [1.165, 1.54) is 40.2 Å². The van der Waals surface area contributed by atoms with E-state index in [1.807, 2.05) is 12.1 Å². The van der Waals surface area contributed by atoms with Gasteiger partial charge < -0.3 is 10.2 Å².